The van der Waals surface area contributed by atoms with E-state index in [2.05, 4.69) is 19.2 Å². The van der Waals surface area contributed by atoms with Gasteiger partial charge in [-0.3, -0.25) is 0 Å². The molecule has 4 nitrogen and oxygen atoms in total. The van der Waals surface area contributed by atoms with Crippen molar-refractivity contribution in [2.24, 2.45) is 5.41 Å². The Morgan fingerprint density at radius 2 is 2.16 bits per heavy atom. The normalized spacial score (nSPS) is 27.5. The van der Waals surface area contributed by atoms with Gasteiger partial charge in [-0.25, -0.2) is 4.98 Å². The van der Waals surface area contributed by atoms with E-state index in [1.54, 1.807) is 11.3 Å². The van der Waals surface area contributed by atoms with Crippen LogP contribution < -0.4 is 5.59 Å². The molecule has 1 aromatic heterocycles. The Morgan fingerprint density at radius 1 is 1.37 bits per heavy atom. The summed E-state index contributed by atoms with van der Waals surface area (Å²) in [7, 11) is -0.289. The Bertz CT molecular complexity index is 421. The number of nitrogens with zero attached hydrogens (tertiary/aromatic N) is 1. The molecule has 0 spiro atoms. The summed E-state index contributed by atoms with van der Waals surface area (Å²) in [6.07, 6.45) is 2.30. The minimum Gasteiger partial charge on any atom is -0.406 e. The highest BCUT2D eigenvalue weighted by molar-refractivity contribution is 7.10. The molecular formula is C13H20BNO3S. The van der Waals surface area contributed by atoms with Crippen molar-refractivity contribution >= 4 is 24.0 Å². The number of hydrogen-bond acceptors (Lipinski definition) is 5. The Morgan fingerprint density at radius 3 is 2.84 bits per heavy atom. The molecule has 1 atom stereocenters. The monoisotopic (exact) mass is 281 g/mol. The largest absolute Gasteiger partial charge is 0.514 e. The molecule has 0 radical (unpaired) electrons. The van der Waals surface area contributed by atoms with Gasteiger partial charge in [0, 0.05) is 36.5 Å². The van der Waals surface area contributed by atoms with Crippen LogP contribution in [0.3, 0.4) is 0 Å². The van der Waals surface area contributed by atoms with Gasteiger partial charge in [-0.05, 0) is 12.8 Å². The first kappa shape index (κ1) is 13.6. The molecule has 19 heavy (non-hydrogen) atoms. The molecule has 2 saturated heterocycles. The predicted molar refractivity (Wildman–Crippen MR) is 76.0 cm³/mol. The first-order valence-corrected chi connectivity index (χ1v) is 7.78. The maximum absolute atomic E-state index is 5.77. The van der Waals surface area contributed by atoms with Crippen molar-refractivity contribution in [3.05, 3.63) is 10.4 Å². The summed E-state index contributed by atoms with van der Waals surface area (Å²) in [5.41, 5.74) is 1.02. The molecule has 1 unspecified atom stereocenters. The number of ether oxygens (including phenoxy) is 1. The first-order valence-electron chi connectivity index (χ1n) is 6.90. The van der Waals surface area contributed by atoms with Crippen molar-refractivity contribution in [2.75, 3.05) is 26.4 Å². The zero-order valence-electron chi connectivity index (χ0n) is 11.6. The fraction of sp³-hybridized carbons (Fsp3) is 0.769. The van der Waals surface area contributed by atoms with Gasteiger partial charge in [0.2, 0.25) is 0 Å². The van der Waals surface area contributed by atoms with Crippen molar-refractivity contribution in [1.29, 1.82) is 0 Å². The van der Waals surface area contributed by atoms with Crippen LogP contribution in [0.1, 0.15) is 37.6 Å². The molecule has 0 aliphatic carbocycles. The van der Waals surface area contributed by atoms with Crippen molar-refractivity contribution in [3.63, 3.8) is 0 Å². The van der Waals surface area contributed by atoms with Crippen molar-refractivity contribution in [3.8, 4) is 0 Å². The third kappa shape index (κ3) is 3.19. The van der Waals surface area contributed by atoms with Crippen molar-refractivity contribution in [2.45, 2.75) is 32.6 Å². The highest BCUT2D eigenvalue weighted by Gasteiger charge is 2.35. The van der Waals surface area contributed by atoms with E-state index in [0.717, 1.165) is 43.4 Å². The summed E-state index contributed by atoms with van der Waals surface area (Å²) in [6.45, 7) is 7.42. The van der Waals surface area contributed by atoms with Crippen molar-refractivity contribution in [1.82, 2.24) is 4.98 Å². The molecule has 0 saturated carbocycles. The molecule has 3 heterocycles. The van der Waals surface area contributed by atoms with Gasteiger partial charge in [0.05, 0.1) is 17.2 Å². The first-order chi connectivity index (χ1) is 9.14. The van der Waals surface area contributed by atoms with E-state index in [9.17, 15) is 0 Å². The maximum atomic E-state index is 5.77. The van der Waals surface area contributed by atoms with E-state index >= 15 is 0 Å². The van der Waals surface area contributed by atoms with Gasteiger partial charge in [-0.2, -0.15) is 0 Å². The lowest BCUT2D eigenvalue weighted by atomic mass is 9.81. The van der Waals surface area contributed by atoms with Crippen LogP contribution in [0.5, 0.6) is 0 Å². The summed E-state index contributed by atoms with van der Waals surface area (Å²) in [6, 6.07) is 0. The standard InChI is InChI=1S/C13H20BNO3S/c1-13(2)8-17-14(18-9-13)11-7-19-12(15-11)10-4-3-5-16-6-10/h7,10H,3-6,8-9H2,1-2H3. The SMILES string of the molecule is CC1(C)COB(c2csc(C3CCCOC3)n2)OC1. The van der Waals surface area contributed by atoms with Gasteiger partial charge in [0.25, 0.3) is 0 Å². The molecule has 2 aliphatic rings. The van der Waals surface area contributed by atoms with Gasteiger partial charge >= 0.3 is 7.12 Å². The summed E-state index contributed by atoms with van der Waals surface area (Å²) in [5, 5.41) is 3.22. The van der Waals surface area contributed by atoms with Crippen LogP contribution in [0.15, 0.2) is 5.38 Å². The van der Waals surface area contributed by atoms with Crippen LogP contribution in [0.25, 0.3) is 0 Å². The molecule has 104 valence electrons. The molecule has 0 N–H and O–H groups in total. The highest BCUT2D eigenvalue weighted by atomic mass is 32.1. The van der Waals surface area contributed by atoms with Crippen LogP contribution in [-0.4, -0.2) is 38.5 Å². The van der Waals surface area contributed by atoms with Crippen LogP contribution in [0.2, 0.25) is 0 Å². The molecule has 1 aromatic rings. The predicted octanol–water partition coefficient (Wildman–Crippen LogP) is 1.81. The Balaban J connectivity index is 1.64. The van der Waals surface area contributed by atoms with E-state index in [1.165, 1.54) is 6.42 Å². The van der Waals surface area contributed by atoms with Gasteiger partial charge in [0.15, 0.2) is 0 Å². The second-order valence-corrected chi connectivity index (χ2v) is 7.03. The summed E-state index contributed by atoms with van der Waals surface area (Å²) in [4.78, 5) is 4.69. The Kier molecular flexibility index (Phi) is 3.94. The lowest BCUT2D eigenvalue weighted by Crippen LogP contribution is -2.48. The zero-order valence-corrected chi connectivity index (χ0v) is 12.4. The van der Waals surface area contributed by atoms with E-state index in [1.807, 2.05) is 0 Å². The van der Waals surface area contributed by atoms with Crippen LogP contribution in [0, 0.1) is 5.41 Å². The summed E-state index contributed by atoms with van der Waals surface area (Å²) >= 11 is 1.70. The van der Waals surface area contributed by atoms with E-state index in [0.29, 0.717) is 5.92 Å². The van der Waals surface area contributed by atoms with E-state index in [4.69, 9.17) is 19.0 Å². The van der Waals surface area contributed by atoms with Crippen LogP contribution in [0.4, 0.5) is 0 Å². The zero-order chi connectivity index (χ0) is 13.3. The van der Waals surface area contributed by atoms with Gasteiger partial charge in [-0.15, -0.1) is 11.3 Å². The van der Waals surface area contributed by atoms with E-state index < -0.39 is 0 Å². The third-order valence-electron chi connectivity index (χ3n) is 3.54. The van der Waals surface area contributed by atoms with Crippen molar-refractivity contribution < 1.29 is 14.0 Å². The van der Waals surface area contributed by atoms with Crippen LogP contribution >= 0.6 is 11.3 Å². The van der Waals surface area contributed by atoms with Crippen LogP contribution in [-0.2, 0) is 14.0 Å². The maximum Gasteiger partial charge on any atom is 0.514 e. The third-order valence-corrected chi connectivity index (χ3v) is 4.57. The Hall–Kier alpha value is -0.425. The fourth-order valence-electron chi connectivity index (χ4n) is 2.40. The molecule has 0 bridgehead atoms. The topological polar surface area (TPSA) is 40.6 Å². The average Bonchev–Trinajstić information content (AvgIpc) is 2.89. The molecule has 3 rings (SSSR count). The molecular weight excluding hydrogens is 261 g/mol. The molecule has 0 amide bonds. The smallest absolute Gasteiger partial charge is 0.406 e. The number of rotatable bonds is 2. The summed E-state index contributed by atoms with van der Waals surface area (Å²) < 4.78 is 17.1. The van der Waals surface area contributed by atoms with Gasteiger partial charge in [-0.1, -0.05) is 13.8 Å². The van der Waals surface area contributed by atoms with E-state index in [-0.39, 0.29) is 12.5 Å². The number of thiazole rings is 1. The molecule has 0 aromatic carbocycles. The minimum atomic E-state index is -0.289. The number of hydrogen-bond donors (Lipinski definition) is 0. The lowest BCUT2D eigenvalue weighted by Gasteiger charge is -2.32. The molecule has 6 heteroatoms. The van der Waals surface area contributed by atoms with Gasteiger partial charge in [0.1, 0.15) is 0 Å². The second kappa shape index (κ2) is 5.52. The Labute approximate surface area is 118 Å². The quantitative estimate of drug-likeness (QED) is 0.775. The molecule has 2 aliphatic heterocycles. The highest BCUT2D eigenvalue weighted by Crippen LogP contribution is 2.27. The van der Waals surface area contributed by atoms with Gasteiger partial charge < -0.3 is 14.0 Å². The molecule has 2 fully saturated rings. The summed E-state index contributed by atoms with van der Waals surface area (Å²) in [5.74, 6) is 0.451. The minimum absolute atomic E-state index is 0.104. The average molecular weight is 281 g/mol. The fourth-order valence-corrected chi connectivity index (χ4v) is 3.34. The number of aromatic nitrogens is 1. The second-order valence-electron chi connectivity index (χ2n) is 6.14. The lowest BCUT2D eigenvalue weighted by molar-refractivity contribution is 0.0339.